The van der Waals surface area contributed by atoms with Crippen molar-refractivity contribution in [2.24, 2.45) is 0 Å². The summed E-state index contributed by atoms with van der Waals surface area (Å²) >= 11 is 0. The van der Waals surface area contributed by atoms with Gasteiger partial charge >= 0.3 is 0 Å². The molecule has 1 aromatic carbocycles. The van der Waals surface area contributed by atoms with E-state index in [0.717, 1.165) is 24.4 Å². The second kappa shape index (κ2) is 8.08. The lowest BCUT2D eigenvalue weighted by Crippen LogP contribution is -2.18. The van der Waals surface area contributed by atoms with E-state index in [1.165, 1.54) is 11.8 Å². The fourth-order valence-corrected chi connectivity index (χ4v) is 2.63. The molecule has 0 fully saturated rings. The van der Waals surface area contributed by atoms with Crippen molar-refractivity contribution in [3.8, 4) is 6.07 Å². The number of rotatable bonds is 7. The van der Waals surface area contributed by atoms with Crippen LogP contribution in [0.3, 0.4) is 0 Å². The van der Waals surface area contributed by atoms with Crippen LogP contribution in [0.4, 0.5) is 5.82 Å². The third-order valence-corrected chi connectivity index (χ3v) is 3.81. The number of aromatic nitrogens is 2. The maximum absolute atomic E-state index is 9.10. The molecule has 0 saturated heterocycles. The fraction of sp³-hybridized carbons (Fsp3) is 0.211. The van der Waals surface area contributed by atoms with Gasteiger partial charge in [0, 0.05) is 25.5 Å². The molecule has 0 saturated carbocycles. The number of benzene rings is 1. The second-order valence-electron chi connectivity index (χ2n) is 5.74. The van der Waals surface area contributed by atoms with Gasteiger partial charge in [0.15, 0.2) is 11.5 Å². The summed E-state index contributed by atoms with van der Waals surface area (Å²) in [6.07, 6.45) is 4.78. The predicted molar refractivity (Wildman–Crippen MR) is 94.4 cm³/mol. The summed E-state index contributed by atoms with van der Waals surface area (Å²) < 4.78 is 5.40. The van der Waals surface area contributed by atoms with E-state index in [1.807, 2.05) is 30.3 Å². The Bertz CT molecular complexity index is 854. The largest absolute Gasteiger partial charge is 0.468 e. The lowest BCUT2D eigenvalue weighted by molar-refractivity contribution is 0.287. The van der Waals surface area contributed by atoms with Gasteiger partial charge in [0.1, 0.15) is 11.8 Å². The average Bonchev–Trinajstić information content (AvgIpc) is 3.14. The van der Waals surface area contributed by atoms with Gasteiger partial charge in [0.25, 0.3) is 0 Å². The molecule has 2 aromatic heterocycles. The summed E-state index contributed by atoms with van der Waals surface area (Å²) in [5, 5.41) is 12.3. The van der Waals surface area contributed by atoms with E-state index < -0.39 is 0 Å². The Kier molecular flexibility index (Phi) is 5.39. The maximum Gasteiger partial charge on any atom is 0.182 e. The van der Waals surface area contributed by atoms with Crippen LogP contribution in [-0.4, -0.2) is 21.9 Å². The summed E-state index contributed by atoms with van der Waals surface area (Å²) in [7, 11) is 2.06. The maximum atomic E-state index is 9.10. The van der Waals surface area contributed by atoms with Crippen LogP contribution in [0.15, 0.2) is 59.5 Å². The van der Waals surface area contributed by atoms with Gasteiger partial charge in [-0.1, -0.05) is 24.3 Å². The van der Waals surface area contributed by atoms with Crippen molar-refractivity contribution in [2.45, 2.75) is 19.6 Å². The molecule has 0 radical (unpaired) electrons. The average molecular weight is 333 g/mol. The van der Waals surface area contributed by atoms with Crippen molar-refractivity contribution in [1.82, 2.24) is 14.9 Å². The molecule has 126 valence electrons. The van der Waals surface area contributed by atoms with Crippen molar-refractivity contribution in [2.75, 3.05) is 12.4 Å². The van der Waals surface area contributed by atoms with Crippen molar-refractivity contribution in [1.29, 1.82) is 5.26 Å². The third kappa shape index (κ3) is 4.43. The Morgan fingerprint density at radius 2 is 1.88 bits per heavy atom. The number of nitrogens with zero attached hydrogens (tertiary/aromatic N) is 4. The van der Waals surface area contributed by atoms with Crippen molar-refractivity contribution >= 4 is 5.82 Å². The highest BCUT2D eigenvalue weighted by molar-refractivity contribution is 5.47. The van der Waals surface area contributed by atoms with E-state index in [9.17, 15) is 0 Å². The van der Waals surface area contributed by atoms with E-state index in [2.05, 4.69) is 39.4 Å². The van der Waals surface area contributed by atoms with Crippen LogP contribution in [0.2, 0.25) is 0 Å². The van der Waals surface area contributed by atoms with E-state index in [4.69, 9.17) is 9.68 Å². The molecule has 0 spiro atoms. The molecule has 6 nitrogen and oxygen atoms in total. The quantitative estimate of drug-likeness (QED) is 0.715. The topological polar surface area (TPSA) is 78.0 Å². The molecule has 3 rings (SSSR count). The van der Waals surface area contributed by atoms with Gasteiger partial charge in [-0.2, -0.15) is 5.26 Å². The minimum Gasteiger partial charge on any atom is -0.468 e. The van der Waals surface area contributed by atoms with Crippen LogP contribution < -0.4 is 5.32 Å². The van der Waals surface area contributed by atoms with Gasteiger partial charge in [-0.25, -0.2) is 9.97 Å². The molecule has 0 aliphatic rings. The van der Waals surface area contributed by atoms with Gasteiger partial charge in [0.05, 0.1) is 12.8 Å². The lowest BCUT2D eigenvalue weighted by Gasteiger charge is -2.18. The summed E-state index contributed by atoms with van der Waals surface area (Å²) in [5.41, 5.74) is 2.67. The molecule has 6 heteroatoms. The zero-order chi connectivity index (χ0) is 17.5. The Balaban J connectivity index is 1.67. The Morgan fingerprint density at radius 1 is 1.08 bits per heavy atom. The highest BCUT2D eigenvalue weighted by Crippen LogP contribution is 2.16. The van der Waals surface area contributed by atoms with E-state index in [1.54, 1.807) is 12.5 Å². The van der Waals surface area contributed by atoms with Crippen LogP contribution in [0, 0.1) is 11.3 Å². The first-order chi connectivity index (χ1) is 12.3. The molecule has 25 heavy (non-hydrogen) atoms. The standard InChI is InChI=1S/C19H19N5O/c1-24(14-17-7-4-10-25-17)13-16-6-3-2-5-15(16)12-23-19-18(11-20)21-8-9-22-19/h2-10H,12-14H2,1H3,(H,22,23). The van der Waals surface area contributed by atoms with Crippen LogP contribution in [-0.2, 0) is 19.6 Å². The minimum atomic E-state index is 0.301. The first-order valence-electron chi connectivity index (χ1n) is 7.99. The number of nitrogens with one attached hydrogen (secondary N) is 1. The zero-order valence-electron chi connectivity index (χ0n) is 14.0. The van der Waals surface area contributed by atoms with E-state index >= 15 is 0 Å². The number of furan rings is 1. The summed E-state index contributed by atoms with van der Waals surface area (Å²) in [6, 6.07) is 14.1. The minimum absolute atomic E-state index is 0.301. The van der Waals surface area contributed by atoms with Crippen molar-refractivity contribution in [3.05, 3.63) is 77.6 Å². The molecular formula is C19H19N5O. The molecule has 0 aliphatic heterocycles. The van der Waals surface area contributed by atoms with Gasteiger partial charge in [0.2, 0.25) is 0 Å². The fourth-order valence-electron chi connectivity index (χ4n) is 2.63. The monoisotopic (exact) mass is 333 g/mol. The van der Waals surface area contributed by atoms with Crippen molar-refractivity contribution in [3.63, 3.8) is 0 Å². The smallest absolute Gasteiger partial charge is 0.182 e. The van der Waals surface area contributed by atoms with Crippen LogP contribution in [0.1, 0.15) is 22.6 Å². The second-order valence-corrected chi connectivity index (χ2v) is 5.74. The van der Waals surface area contributed by atoms with Crippen LogP contribution in [0.25, 0.3) is 0 Å². The molecular weight excluding hydrogens is 314 g/mol. The number of nitriles is 1. The summed E-state index contributed by atoms with van der Waals surface area (Å²) in [4.78, 5) is 10.4. The summed E-state index contributed by atoms with van der Waals surface area (Å²) in [5.74, 6) is 1.44. The molecule has 0 atom stereocenters. The van der Waals surface area contributed by atoms with E-state index in [-0.39, 0.29) is 0 Å². The molecule has 0 aliphatic carbocycles. The third-order valence-electron chi connectivity index (χ3n) is 3.81. The molecule has 2 heterocycles. The molecule has 0 amide bonds. The predicted octanol–water partition coefficient (Wildman–Crippen LogP) is 3.19. The number of anilines is 1. The normalized spacial score (nSPS) is 10.6. The van der Waals surface area contributed by atoms with Crippen molar-refractivity contribution < 1.29 is 4.42 Å². The lowest BCUT2D eigenvalue weighted by atomic mass is 10.1. The van der Waals surface area contributed by atoms with E-state index in [0.29, 0.717) is 18.1 Å². The van der Waals surface area contributed by atoms with Gasteiger partial charge in [-0.05, 0) is 30.3 Å². The van der Waals surface area contributed by atoms with Crippen LogP contribution in [0.5, 0.6) is 0 Å². The highest BCUT2D eigenvalue weighted by Gasteiger charge is 2.09. The highest BCUT2D eigenvalue weighted by atomic mass is 16.3. The van der Waals surface area contributed by atoms with Crippen LogP contribution >= 0.6 is 0 Å². The molecule has 0 bridgehead atoms. The van der Waals surface area contributed by atoms with Gasteiger partial charge in [-0.15, -0.1) is 0 Å². The molecule has 3 aromatic rings. The number of hydrogen-bond acceptors (Lipinski definition) is 6. The first-order valence-corrected chi connectivity index (χ1v) is 7.99. The van der Waals surface area contributed by atoms with Gasteiger partial charge < -0.3 is 9.73 Å². The molecule has 0 unspecified atom stereocenters. The Hall–Kier alpha value is -3.17. The molecule has 1 N–H and O–H groups in total. The Labute approximate surface area is 146 Å². The Morgan fingerprint density at radius 3 is 2.64 bits per heavy atom. The zero-order valence-corrected chi connectivity index (χ0v) is 14.0. The first kappa shape index (κ1) is 16.7. The SMILES string of the molecule is CN(Cc1ccco1)Cc1ccccc1CNc1nccnc1C#N. The summed E-state index contributed by atoms with van der Waals surface area (Å²) in [6.45, 7) is 2.12. The van der Waals surface area contributed by atoms with Gasteiger partial charge in [-0.3, -0.25) is 4.90 Å². The number of hydrogen-bond donors (Lipinski definition) is 1.